The molecule has 0 radical (unpaired) electrons. The molecule has 1 aliphatic heterocycles. The Hall–Kier alpha value is -2.81. The van der Waals surface area contributed by atoms with E-state index in [9.17, 15) is 4.79 Å². The third-order valence-corrected chi connectivity index (χ3v) is 5.00. The number of para-hydroxylation sites is 1. The lowest BCUT2D eigenvalue weighted by Crippen LogP contribution is -2.40. The molecule has 0 bridgehead atoms. The maximum Gasteiger partial charge on any atom is 0.251 e. The molecule has 2 N–H and O–H groups in total. The number of benzene rings is 2. The first-order chi connectivity index (χ1) is 14.2. The molecule has 7 heteroatoms. The fraction of sp³-hybridized carbons (Fsp3) is 0.217. The van der Waals surface area contributed by atoms with Crippen molar-refractivity contribution in [3.8, 4) is 0 Å². The fourth-order valence-corrected chi connectivity index (χ4v) is 3.54. The molecule has 3 aromatic rings. The van der Waals surface area contributed by atoms with Crippen molar-refractivity contribution >= 4 is 41.5 Å². The zero-order chi connectivity index (χ0) is 20.1. The van der Waals surface area contributed by atoms with Gasteiger partial charge in [0, 0.05) is 31.4 Å². The van der Waals surface area contributed by atoms with Crippen LogP contribution >= 0.6 is 24.0 Å². The van der Waals surface area contributed by atoms with Crippen LogP contribution in [-0.4, -0.2) is 25.5 Å². The predicted octanol–water partition coefficient (Wildman–Crippen LogP) is 3.97. The number of nitrogens with zero attached hydrogens (tertiary/aromatic N) is 2. The summed E-state index contributed by atoms with van der Waals surface area (Å²) >= 11 is 0. The van der Waals surface area contributed by atoms with E-state index in [4.69, 9.17) is 4.42 Å². The second-order valence-electron chi connectivity index (χ2n) is 6.89. The molecule has 4 rings (SSSR count). The average Bonchev–Trinajstić information content (AvgIpc) is 3.43. The molecule has 0 saturated carbocycles. The van der Waals surface area contributed by atoms with Crippen LogP contribution in [0, 0.1) is 0 Å². The summed E-state index contributed by atoms with van der Waals surface area (Å²) in [7, 11) is 1.79. The highest BCUT2D eigenvalue weighted by Gasteiger charge is 2.22. The van der Waals surface area contributed by atoms with Gasteiger partial charge in [0.2, 0.25) is 0 Å². The molecule has 1 aromatic heterocycles. The van der Waals surface area contributed by atoms with E-state index in [-0.39, 0.29) is 29.9 Å². The minimum Gasteiger partial charge on any atom is -0.467 e. The smallest absolute Gasteiger partial charge is 0.251 e. The maximum absolute atomic E-state index is 12.4. The van der Waals surface area contributed by atoms with E-state index >= 15 is 0 Å². The lowest BCUT2D eigenvalue weighted by Gasteiger charge is -2.22. The zero-order valence-electron chi connectivity index (χ0n) is 16.8. The van der Waals surface area contributed by atoms with Gasteiger partial charge in [-0.3, -0.25) is 9.79 Å². The van der Waals surface area contributed by atoms with Gasteiger partial charge in [0.15, 0.2) is 5.96 Å². The van der Waals surface area contributed by atoms with Crippen LogP contribution in [0.4, 0.5) is 5.69 Å². The third kappa shape index (κ3) is 5.02. The van der Waals surface area contributed by atoms with Crippen molar-refractivity contribution in [3.05, 3.63) is 89.4 Å². The van der Waals surface area contributed by atoms with E-state index in [0.717, 1.165) is 30.2 Å². The van der Waals surface area contributed by atoms with Crippen LogP contribution in [0.25, 0.3) is 0 Å². The van der Waals surface area contributed by atoms with Gasteiger partial charge >= 0.3 is 0 Å². The second-order valence-corrected chi connectivity index (χ2v) is 6.89. The highest BCUT2D eigenvalue weighted by Crippen LogP contribution is 2.27. The first-order valence-electron chi connectivity index (χ1n) is 9.70. The summed E-state index contributed by atoms with van der Waals surface area (Å²) < 4.78 is 5.25. The Morgan fingerprint density at radius 1 is 1.07 bits per heavy atom. The SMILES string of the molecule is CN=C(NCc1cccc(C(=O)NCc2ccco2)c1)N1CCc2ccccc21.I. The molecule has 2 heterocycles. The van der Waals surface area contributed by atoms with Crippen LogP contribution in [0.15, 0.2) is 76.3 Å². The van der Waals surface area contributed by atoms with E-state index in [1.54, 1.807) is 19.4 Å². The van der Waals surface area contributed by atoms with Crippen LogP contribution in [0.5, 0.6) is 0 Å². The van der Waals surface area contributed by atoms with E-state index in [1.165, 1.54) is 11.3 Å². The Balaban J connectivity index is 0.00000256. The number of furan rings is 1. The molecule has 1 amide bonds. The number of amides is 1. The molecule has 0 fully saturated rings. The number of fused-ring (bicyclic) bond motifs is 1. The summed E-state index contributed by atoms with van der Waals surface area (Å²) in [5.74, 6) is 1.44. The fourth-order valence-electron chi connectivity index (χ4n) is 3.54. The van der Waals surface area contributed by atoms with Gasteiger partial charge in [0.05, 0.1) is 12.8 Å². The van der Waals surface area contributed by atoms with Crippen molar-refractivity contribution in [2.45, 2.75) is 19.5 Å². The van der Waals surface area contributed by atoms with Gasteiger partial charge in [-0.2, -0.15) is 0 Å². The number of hydrogen-bond acceptors (Lipinski definition) is 3. The van der Waals surface area contributed by atoms with Gasteiger partial charge < -0.3 is 20.0 Å². The predicted molar refractivity (Wildman–Crippen MR) is 129 cm³/mol. The molecule has 0 aliphatic carbocycles. The Bertz CT molecular complexity index is 1020. The summed E-state index contributed by atoms with van der Waals surface area (Å²) in [6.45, 7) is 1.87. The van der Waals surface area contributed by atoms with E-state index in [0.29, 0.717) is 18.7 Å². The first kappa shape index (κ1) is 21.9. The minimum absolute atomic E-state index is 0. The Labute approximate surface area is 193 Å². The third-order valence-electron chi connectivity index (χ3n) is 5.00. The second kappa shape index (κ2) is 10.3. The van der Waals surface area contributed by atoms with E-state index < -0.39 is 0 Å². The van der Waals surface area contributed by atoms with Gasteiger partial charge in [-0.25, -0.2) is 0 Å². The zero-order valence-corrected chi connectivity index (χ0v) is 19.1. The number of rotatable bonds is 5. The van der Waals surface area contributed by atoms with Crippen LogP contribution < -0.4 is 15.5 Å². The van der Waals surface area contributed by atoms with Crippen molar-refractivity contribution in [1.29, 1.82) is 0 Å². The molecule has 1 aliphatic rings. The van der Waals surface area contributed by atoms with Crippen molar-refractivity contribution in [2.75, 3.05) is 18.5 Å². The van der Waals surface area contributed by atoms with Gasteiger partial charge in [-0.15, -0.1) is 24.0 Å². The number of carbonyl (C=O) groups excluding carboxylic acids is 1. The molecule has 30 heavy (non-hydrogen) atoms. The number of hydrogen-bond donors (Lipinski definition) is 2. The Morgan fingerprint density at radius 3 is 2.73 bits per heavy atom. The van der Waals surface area contributed by atoms with Gasteiger partial charge in [0.25, 0.3) is 5.91 Å². The van der Waals surface area contributed by atoms with Crippen LogP contribution in [0.2, 0.25) is 0 Å². The molecule has 6 nitrogen and oxygen atoms in total. The van der Waals surface area contributed by atoms with Crippen LogP contribution in [0.1, 0.15) is 27.2 Å². The first-order valence-corrected chi connectivity index (χ1v) is 9.70. The number of nitrogens with one attached hydrogen (secondary N) is 2. The molecule has 0 atom stereocenters. The number of anilines is 1. The van der Waals surface area contributed by atoms with Crippen molar-refractivity contribution < 1.29 is 9.21 Å². The molecule has 0 unspecified atom stereocenters. The lowest BCUT2D eigenvalue weighted by atomic mass is 10.1. The van der Waals surface area contributed by atoms with Gasteiger partial charge in [0.1, 0.15) is 5.76 Å². The van der Waals surface area contributed by atoms with Crippen molar-refractivity contribution in [3.63, 3.8) is 0 Å². The molecule has 0 saturated heterocycles. The summed E-state index contributed by atoms with van der Waals surface area (Å²) in [6.07, 6.45) is 2.61. The summed E-state index contributed by atoms with van der Waals surface area (Å²) in [5, 5.41) is 6.29. The van der Waals surface area contributed by atoms with Crippen molar-refractivity contribution in [2.24, 2.45) is 4.99 Å². The number of aliphatic imine (C=N–C) groups is 1. The normalized spacial score (nSPS) is 12.8. The standard InChI is InChI=1S/C23H24N4O2.HI/c1-24-23(27-12-11-18-7-2-3-10-21(18)27)26-15-17-6-4-8-19(14-17)22(28)25-16-20-9-5-13-29-20;/h2-10,13-14H,11-12,15-16H2,1H3,(H,24,26)(H,25,28);1H. The van der Waals surface area contributed by atoms with Crippen molar-refractivity contribution in [1.82, 2.24) is 10.6 Å². The average molecular weight is 516 g/mol. The number of guanidine groups is 1. The molecule has 0 spiro atoms. The Morgan fingerprint density at radius 2 is 1.93 bits per heavy atom. The van der Waals surface area contributed by atoms with E-state index in [2.05, 4.69) is 44.8 Å². The van der Waals surface area contributed by atoms with E-state index in [1.807, 2.05) is 30.3 Å². The largest absolute Gasteiger partial charge is 0.467 e. The molecule has 2 aromatic carbocycles. The quantitative estimate of drug-likeness (QED) is 0.306. The highest BCUT2D eigenvalue weighted by atomic mass is 127. The maximum atomic E-state index is 12.4. The lowest BCUT2D eigenvalue weighted by molar-refractivity contribution is 0.0948. The minimum atomic E-state index is -0.124. The van der Waals surface area contributed by atoms with Crippen LogP contribution in [-0.2, 0) is 19.5 Å². The summed E-state index contributed by atoms with van der Waals surface area (Å²) in [5.41, 5.74) is 4.18. The summed E-state index contributed by atoms with van der Waals surface area (Å²) in [4.78, 5) is 19.1. The number of carbonyl (C=O) groups is 1. The monoisotopic (exact) mass is 516 g/mol. The topological polar surface area (TPSA) is 69.9 Å². The highest BCUT2D eigenvalue weighted by molar-refractivity contribution is 14.0. The Kier molecular flexibility index (Phi) is 7.51. The molecular weight excluding hydrogens is 491 g/mol. The van der Waals surface area contributed by atoms with Crippen LogP contribution in [0.3, 0.4) is 0 Å². The number of halogens is 1. The molecule has 156 valence electrons. The molecular formula is C23H25IN4O2. The summed E-state index contributed by atoms with van der Waals surface area (Å²) in [6, 6.07) is 19.7. The van der Waals surface area contributed by atoms with Gasteiger partial charge in [-0.05, 0) is 47.9 Å². The van der Waals surface area contributed by atoms with Gasteiger partial charge in [-0.1, -0.05) is 30.3 Å².